The van der Waals surface area contributed by atoms with E-state index >= 15 is 0 Å². The van der Waals surface area contributed by atoms with E-state index in [2.05, 4.69) is 15.3 Å². The van der Waals surface area contributed by atoms with Crippen LogP contribution in [0, 0.1) is 0 Å². The molecule has 1 aliphatic carbocycles. The molecule has 0 aromatic carbocycles. The summed E-state index contributed by atoms with van der Waals surface area (Å²) in [6.45, 7) is 1.53. The van der Waals surface area contributed by atoms with Gasteiger partial charge in [-0.05, 0) is 38.8 Å². The molecule has 1 saturated carbocycles. The second-order valence-electron chi connectivity index (χ2n) is 6.91. The van der Waals surface area contributed by atoms with Gasteiger partial charge >= 0.3 is 17.8 Å². The van der Waals surface area contributed by atoms with Gasteiger partial charge in [-0.15, -0.1) is 10.2 Å². The maximum absolute atomic E-state index is 12.5. The molecule has 2 fully saturated rings. The highest BCUT2D eigenvalue weighted by molar-refractivity contribution is 5.04. The Hall–Kier alpha value is -2.17. The minimum Gasteiger partial charge on any atom is -0.416 e. The smallest absolute Gasteiger partial charge is 0.416 e. The quantitative estimate of drug-likeness (QED) is 0.813. The van der Waals surface area contributed by atoms with Crippen LogP contribution in [-0.2, 0) is 19.8 Å². The van der Waals surface area contributed by atoms with Crippen LogP contribution in [0.3, 0.4) is 0 Å². The number of alkyl halides is 3. The molecule has 0 atom stereocenters. The van der Waals surface area contributed by atoms with Crippen LogP contribution < -0.4 is 5.69 Å². The fourth-order valence-corrected chi connectivity index (χ4v) is 3.43. The molecule has 1 aliphatic heterocycles. The van der Waals surface area contributed by atoms with Crippen LogP contribution in [0.5, 0.6) is 0 Å². The fraction of sp³-hybridized carbons (Fsp3) is 0.733. The average molecular weight is 372 g/mol. The molecule has 0 radical (unpaired) electrons. The van der Waals surface area contributed by atoms with Crippen LogP contribution in [0.4, 0.5) is 13.2 Å². The lowest BCUT2D eigenvalue weighted by atomic mass is 9.96. The molecule has 1 saturated heterocycles. The predicted molar refractivity (Wildman–Crippen MR) is 82.3 cm³/mol. The normalized spacial score (nSPS) is 20.0. The Bertz CT molecular complexity index is 842. The summed E-state index contributed by atoms with van der Waals surface area (Å²) in [5.74, 6) is -0.348. The third-order valence-corrected chi connectivity index (χ3v) is 4.92. The molecule has 0 spiro atoms. The van der Waals surface area contributed by atoms with Crippen molar-refractivity contribution in [2.24, 2.45) is 7.05 Å². The SMILES string of the molecule is Cn1nc(C2CCN(Cc3nnc(C(F)(F)F)o3)CC2)n(C2CC2)c1=O. The molecule has 0 amide bonds. The molecule has 3 heterocycles. The maximum Gasteiger partial charge on any atom is 0.470 e. The van der Waals surface area contributed by atoms with Crippen molar-refractivity contribution in [2.45, 2.75) is 50.4 Å². The Morgan fingerprint density at radius 1 is 1.15 bits per heavy atom. The van der Waals surface area contributed by atoms with Crippen molar-refractivity contribution in [1.29, 1.82) is 0 Å². The largest absolute Gasteiger partial charge is 0.470 e. The lowest BCUT2D eigenvalue weighted by Gasteiger charge is -2.30. The van der Waals surface area contributed by atoms with Crippen LogP contribution in [0.15, 0.2) is 9.21 Å². The van der Waals surface area contributed by atoms with Gasteiger partial charge in [-0.2, -0.15) is 18.3 Å². The van der Waals surface area contributed by atoms with Gasteiger partial charge in [0.2, 0.25) is 5.89 Å². The van der Waals surface area contributed by atoms with Crippen molar-refractivity contribution in [2.75, 3.05) is 13.1 Å². The summed E-state index contributed by atoms with van der Waals surface area (Å²) in [5.41, 5.74) is -0.0736. The summed E-state index contributed by atoms with van der Waals surface area (Å²) < 4.78 is 45.4. The lowest BCUT2D eigenvalue weighted by molar-refractivity contribution is -0.157. The summed E-state index contributed by atoms with van der Waals surface area (Å²) in [5, 5.41) is 10.9. The Balaban J connectivity index is 1.40. The van der Waals surface area contributed by atoms with Crippen molar-refractivity contribution in [1.82, 2.24) is 29.4 Å². The van der Waals surface area contributed by atoms with E-state index in [1.54, 1.807) is 7.05 Å². The van der Waals surface area contributed by atoms with Gasteiger partial charge in [0.1, 0.15) is 5.82 Å². The van der Waals surface area contributed by atoms with E-state index in [-0.39, 0.29) is 30.1 Å². The van der Waals surface area contributed by atoms with E-state index in [1.807, 2.05) is 9.47 Å². The van der Waals surface area contributed by atoms with E-state index in [0.29, 0.717) is 13.1 Å². The van der Waals surface area contributed by atoms with Gasteiger partial charge in [0, 0.05) is 19.0 Å². The highest BCUT2D eigenvalue weighted by Crippen LogP contribution is 2.37. The zero-order valence-electron chi connectivity index (χ0n) is 14.2. The number of piperidine rings is 1. The van der Waals surface area contributed by atoms with Crippen LogP contribution in [-0.4, -0.2) is 42.5 Å². The third-order valence-electron chi connectivity index (χ3n) is 4.92. The highest BCUT2D eigenvalue weighted by Gasteiger charge is 2.38. The third kappa shape index (κ3) is 3.27. The molecule has 8 nitrogen and oxygen atoms in total. The van der Waals surface area contributed by atoms with Crippen molar-refractivity contribution in [3.05, 3.63) is 28.1 Å². The van der Waals surface area contributed by atoms with Crippen LogP contribution in [0.1, 0.15) is 55.2 Å². The molecule has 142 valence electrons. The van der Waals surface area contributed by atoms with Gasteiger partial charge in [-0.25, -0.2) is 9.48 Å². The zero-order valence-corrected chi connectivity index (χ0v) is 14.2. The van der Waals surface area contributed by atoms with E-state index in [4.69, 9.17) is 4.42 Å². The molecule has 2 aromatic rings. The number of halogens is 3. The van der Waals surface area contributed by atoms with Crippen molar-refractivity contribution in [3.63, 3.8) is 0 Å². The van der Waals surface area contributed by atoms with Gasteiger partial charge in [-0.3, -0.25) is 9.47 Å². The molecule has 2 aliphatic rings. The first kappa shape index (κ1) is 17.3. The average Bonchev–Trinajstić information content (AvgIpc) is 3.22. The number of likely N-dealkylation sites (tertiary alicyclic amines) is 1. The maximum atomic E-state index is 12.5. The molecular formula is C15H19F3N6O2. The first-order valence-corrected chi connectivity index (χ1v) is 8.60. The molecule has 2 aromatic heterocycles. The van der Waals surface area contributed by atoms with Crippen molar-refractivity contribution < 1.29 is 17.6 Å². The number of aromatic nitrogens is 5. The lowest BCUT2D eigenvalue weighted by Crippen LogP contribution is -2.34. The van der Waals surface area contributed by atoms with Gasteiger partial charge in [0.15, 0.2) is 0 Å². The summed E-state index contributed by atoms with van der Waals surface area (Å²) in [6, 6.07) is 0.267. The molecule has 0 N–H and O–H groups in total. The van der Waals surface area contributed by atoms with Gasteiger partial charge in [0.25, 0.3) is 0 Å². The monoisotopic (exact) mass is 372 g/mol. The first-order valence-electron chi connectivity index (χ1n) is 8.60. The summed E-state index contributed by atoms with van der Waals surface area (Å²) in [4.78, 5) is 14.2. The molecule has 0 unspecified atom stereocenters. The fourth-order valence-electron chi connectivity index (χ4n) is 3.43. The summed E-state index contributed by atoms with van der Waals surface area (Å²) in [7, 11) is 1.66. The van der Waals surface area contributed by atoms with E-state index < -0.39 is 12.1 Å². The second kappa shape index (κ2) is 6.22. The highest BCUT2D eigenvalue weighted by atomic mass is 19.4. The molecule has 0 bridgehead atoms. The topological polar surface area (TPSA) is 82.0 Å². The zero-order chi connectivity index (χ0) is 18.5. The Kier molecular flexibility index (Phi) is 4.13. The number of nitrogens with zero attached hydrogens (tertiary/aromatic N) is 6. The second-order valence-corrected chi connectivity index (χ2v) is 6.91. The van der Waals surface area contributed by atoms with Crippen LogP contribution >= 0.6 is 0 Å². The van der Waals surface area contributed by atoms with Crippen molar-refractivity contribution in [3.8, 4) is 0 Å². The standard InChI is InChI=1S/C15H19F3N6O2/c1-22-14(25)24(10-2-3-10)12(21-22)9-4-6-23(7-5-9)8-11-19-20-13(26-11)15(16,17)18/h9-10H,2-8H2,1H3. The first-order chi connectivity index (χ1) is 12.3. The minimum atomic E-state index is -4.62. The Morgan fingerprint density at radius 2 is 1.85 bits per heavy atom. The summed E-state index contributed by atoms with van der Waals surface area (Å²) in [6.07, 6.45) is -1.04. The Labute approximate surface area is 146 Å². The predicted octanol–water partition coefficient (Wildman–Crippen LogP) is 1.70. The van der Waals surface area contributed by atoms with Crippen molar-refractivity contribution >= 4 is 0 Å². The van der Waals surface area contributed by atoms with E-state index in [1.165, 1.54) is 4.68 Å². The molecule has 26 heavy (non-hydrogen) atoms. The molecule has 11 heteroatoms. The van der Waals surface area contributed by atoms with Gasteiger partial charge < -0.3 is 4.42 Å². The van der Waals surface area contributed by atoms with Gasteiger partial charge in [0.05, 0.1) is 6.54 Å². The van der Waals surface area contributed by atoms with E-state index in [9.17, 15) is 18.0 Å². The summed E-state index contributed by atoms with van der Waals surface area (Å²) >= 11 is 0. The van der Waals surface area contributed by atoms with Crippen LogP contribution in [0.25, 0.3) is 0 Å². The number of hydrogen-bond acceptors (Lipinski definition) is 6. The Morgan fingerprint density at radius 3 is 2.42 bits per heavy atom. The molecular weight excluding hydrogens is 353 g/mol. The number of aryl methyl sites for hydroxylation is 1. The number of hydrogen-bond donors (Lipinski definition) is 0. The van der Waals surface area contributed by atoms with E-state index in [0.717, 1.165) is 31.5 Å². The van der Waals surface area contributed by atoms with Crippen LogP contribution in [0.2, 0.25) is 0 Å². The minimum absolute atomic E-state index is 0.0384. The molecule has 4 rings (SSSR count). The van der Waals surface area contributed by atoms with Gasteiger partial charge in [-0.1, -0.05) is 0 Å². The number of rotatable bonds is 4.